The summed E-state index contributed by atoms with van der Waals surface area (Å²) in [6, 6.07) is 69.0. The Bertz CT molecular complexity index is 3780. The number of hydrogen-bond acceptors (Lipinski definition) is 9. The molecule has 16 heteroatoms. The van der Waals surface area contributed by atoms with E-state index >= 15 is 0 Å². The van der Waals surface area contributed by atoms with Crippen molar-refractivity contribution in [1.29, 1.82) is 0 Å². The van der Waals surface area contributed by atoms with E-state index in [2.05, 4.69) is 0 Å². The fourth-order valence-corrected chi connectivity index (χ4v) is 12.8. The van der Waals surface area contributed by atoms with Crippen LogP contribution in [0.5, 0.6) is 34.5 Å². The summed E-state index contributed by atoms with van der Waals surface area (Å²) in [5.74, 6) is 2.08. The van der Waals surface area contributed by atoms with E-state index < -0.39 is 23.5 Å². The molecule has 0 spiro atoms. The number of hydrogen-bond donors (Lipinski definition) is 3. The molecule has 0 atom stereocenters. The minimum atomic E-state index is -4.25. The maximum absolute atomic E-state index is 12.4. The summed E-state index contributed by atoms with van der Waals surface area (Å²) in [4.78, 5) is 30.3. The Morgan fingerprint density at radius 3 is 0.526 bits per heavy atom. The molecule has 0 fully saturated rings. The van der Waals surface area contributed by atoms with Crippen LogP contribution in [-0.2, 0) is 39.5 Å². The second kappa shape index (κ2) is 19.2. The Morgan fingerprint density at radius 2 is 0.368 bits per heavy atom. The van der Waals surface area contributed by atoms with Crippen LogP contribution in [0.1, 0.15) is 0 Å². The van der Waals surface area contributed by atoms with Crippen molar-refractivity contribution in [3.63, 3.8) is 0 Å². The predicted molar refractivity (Wildman–Crippen MR) is 294 cm³/mol. The van der Waals surface area contributed by atoms with Gasteiger partial charge in [0.25, 0.3) is 0 Å². The number of phosphoric ester groups is 3. The summed E-state index contributed by atoms with van der Waals surface area (Å²) in [7, 11) is -12.8. The van der Waals surface area contributed by atoms with Crippen LogP contribution in [-0.4, -0.2) is 14.7 Å². The Hall–Kier alpha value is -7.56. The van der Waals surface area contributed by atoms with Crippen LogP contribution in [0.25, 0.3) is 98.0 Å². The van der Waals surface area contributed by atoms with Gasteiger partial charge >= 0.3 is 23.5 Å². The van der Waals surface area contributed by atoms with Gasteiger partial charge < -0.3 is 27.1 Å². The van der Waals surface area contributed by atoms with E-state index in [1.54, 1.807) is 36.4 Å². The standard InChI is InChI=1S/3C20H13O4P.Sc/c3*21-25(22)23-17-11-9-13-5-1-3-7-15(13)19(17)20-16-8-4-2-6-14(16)10-12-18(20)24-25;/h3*1-12H,(H,21,22);. The summed E-state index contributed by atoms with van der Waals surface area (Å²) in [5, 5.41) is 11.8. The first-order valence-corrected chi connectivity index (χ1v) is 28.1. The molecule has 0 aromatic heterocycles. The van der Waals surface area contributed by atoms with Gasteiger partial charge in [-0.1, -0.05) is 182 Å². The summed E-state index contributed by atoms with van der Waals surface area (Å²) in [6.45, 7) is 0. The van der Waals surface area contributed by atoms with Crippen LogP contribution in [0.4, 0.5) is 0 Å². The maximum Gasteiger partial charge on any atom is 0.584 e. The molecule has 369 valence electrons. The van der Waals surface area contributed by atoms with Gasteiger partial charge in [-0.2, -0.15) is 0 Å². The molecular weight excluding hydrogens is 1050 g/mol. The van der Waals surface area contributed by atoms with Gasteiger partial charge in [0.05, 0.1) is 0 Å². The molecule has 0 amide bonds. The van der Waals surface area contributed by atoms with E-state index in [-0.39, 0.29) is 25.8 Å². The Kier molecular flexibility index (Phi) is 12.5. The zero-order valence-corrected chi connectivity index (χ0v) is 44.2. The molecule has 1 radical (unpaired) electrons. The van der Waals surface area contributed by atoms with Crippen molar-refractivity contribution in [2.75, 3.05) is 0 Å². The van der Waals surface area contributed by atoms with Gasteiger partial charge in [0.15, 0.2) is 0 Å². The molecule has 0 aliphatic carbocycles. The Labute approximate surface area is 452 Å². The van der Waals surface area contributed by atoms with Crippen LogP contribution < -0.4 is 27.1 Å². The number of rotatable bonds is 0. The fraction of sp³-hybridized carbons (Fsp3) is 0. The number of benzene rings is 12. The minimum absolute atomic E-state index is 0. The average Bonchev–Trinajstić information content (AvgIpc) is 3.81. The van der Waals surface area contributed by atoms with Crippen molar-refractivity contribution in [2.45, 2.75) is 0 Å². The first-order chi connectivity index (χ1) is 36.4. The summed E-state index contributed by atoms with van der Waals surface area (Å²) in [6.07, 6.45) is 0. The van der Waals surface area contributed by atoms with E-state index in [9.17, 15) is 28.4 Å². The van der Waals surface area contributed by atoms with Crippen LogP contribution in [0.3, 0.4) is 0 Å². The van der Waals surface area contributed by atoms with E-state index in [1.807, 2.05) is 182 Å². The van der Waals surface area contributed by atoms with Crippen molar-refractivity contribution in [3.05, 3.63) is 218 Å². The Balaban J connectivity index is 0.000000114. The molecule has 0 bridgehead atoms. The quantitative estimate of drug-likeness (QED) is 0.123. The molecule has 76 heavy (non-hydrogen) atoms. The molecule has 12 aromatic carbocycles. The van der Waals surface area contributed by atoms with Crippen LogP contribution in [0, 0.1) is 0 Å². The molecule has 0 unspecified atom stereocenters. The van der Waals surface area contributed by atoms with Gasteiger partial charge in [-0.05, 0) is 101 Å². The van der Waals surface area contributed by atoms with Crippen molar-refractivity contribution in [1.82, 2.24) is 0 Å². The number of fused-ring (bicyclic) bond motifs is 21. The van der Waals surface area contributed by atoms with Gasteiger partial charge in [-0.3, -0.25) is 14.7 Å². The third kappa shape index (κ3) is 8.94. The molecule has 0 saturated heterocycles. The third-order valence-electron chi connectivity index (χ3n) is 13.4. The van der Waals surface area contributed by atoms with Crippen molar-refractivity contribution in [2.24, 2.45) is 0 Å². The molecule has 3 aliphatic rings. The summed E-state index contributed by atoms with van der Waals surface area (Å²) < 4.78 is 69.3. The largest absolute Gasteiger partial charge is 0.584 e. The second-order valence-electron chi connectivity index (χ2n) is 17.9. The van der Waals surface area contributed by atoms with E-state index in [0.29, 0.717) is 34.5 Å². The molecule has 12 aromatic rings. The van der Waals surface area contributed by atoms with Crippen molar-refractivity contribution in [3.8, 4) is 67.9 Å². The smallest absolute Gasteiger partial charge is 0.395 e. The van der Waals surface area contributed by atoms with E-state index in [4.69, 9.17) is 27.1 Å². The first-order valence-electron chi connectivity index (χ1n) is 23.6. The van der Waals surface area contributed by atoms with Crippen LogP contribution in [0.2, 0.25) is 0 Å². The van der Waals surface area contributed by atoms with Gasteiger partial charge in [0, 0.05) is 59.2 Å². The van der Waals surface area contributed by atoms with Gasteiger partial charge in [0.1, 0.15) is 34.5 Å². The van der Waals surface area contributed by atoms with E-state index in [0.717, 1.165) is 98.0 Å². The molecule has 3 aliphatic heterocycles. The normalized spacial score (nSPS) is 14.7. The van der Waals surface area contributed by atoms with Crippen LogP contribution >= 0.6 is 23.5 Å². The molecule has 3 heterocycles. The van der Waals surface area contributed by atoms with Gasteiger partial charge in [0.2, 0.25) is 0 Å². The monoisotopic (exact) mass is 1090 g/mol. The summed E-state index contributed by atoms with van der Waals surface area (Å²) >= 11 is 0. The molecule has 3 N–H and O–H groups in total. The zero-order chi connectivity index (χ0) is 51.1. The Morgan fingerprint density at radius 1 is 0.224 bits per heavy atom. The molecule has 0 saturated carbocycles. The fourth-order valence-electron chi connectivity index (χ4n) is 10.3. The SMILES string of the molecule is O=P1(O)Oc2ccc3ccccc3c2-c2c(ccc3ccccc23)O1.O=P1(O)Oc2ccc3ccccc3c2-c2c(ccc3ccccc23)O1.O=P1(O)Oc2ccc3ccccc3c2-c2c(ccc3ccccc23)O1.[Sc]. The van der Waals surface area contributed by atoms with Crippen molar-refractivity contribution < 1.29 is 81.4 Å². The van der Waals surface area contributed by atoms with Gasteiger partial charge in [-0.25, -0.2) is 13.7 Å². The average molecular weight is 1090 g/mol. The zero-order valence-electron chi connectivity index (χ0n) is 39.7. The molecule has 12 nitrogen and oxygen atoms in total. The first kappa shape index (κ1) is 49.3. The molecular formula is C60H39O12P3Sc. The maximum atomic E-state index is 12.4. The van der Waals surface area contributed by atoms with Gasteiger partial charge in [-0.15, -0.1) is 0 Å². The van der Waals surface area contributed by atoms with Crippen LogP contribution in [0.15, 0.2) is 218 Å². The second-order valence-corrected chi connectivity index (χ2v) is 21.8. The third-order valence-corrected chi connectivity index (χ3v) is 15.9. The minimum Gasteiger partial charge on any atom is -0.395 e. The topological polar surface area (TPSA) is 167 Å². The van der Waals surface area contributed by atoms with E-state index in [1.165, 1.54) is 0 Å². The summed E-state index contributed by atoms with van der Waals surface area (Å²) in [5.41, 5.74) is 4.65. The molecule has 15 rings (SSSR count). The predicted octanol–water partition coefficient (Wildman–Crippen LogP) is 16.6. The van der Waals surface area contributed by atoms with Crippen molar-refractivity contribution >= 4 is 88.1 Å². The number of phosphoric acid groups is 3.